The summed E-state index contributed by atoms with van der Waals surface area (Å²) in [5, 5.41) is 12.9. The summed E-state index contributed by atoms with van der Waals surface area (Å²) in [6.07, 6.45) is 0. The molecule has 2 aromatic carbocycles. The van der Waals surface area contributed by atoms with Gasteiger partial charge >= 0.3 is 0 Å². The molecular weight excluding hydrogens is 426 g/mol. The molecule has 0 fully saturated rings. The zero-order valence-electron chi connectivity index (χ0n) is 9.05. The van der Waals surface area contributed by atoms with Gasteiger partial charge in [0.25, 0.3) is 0 Å². The van der Waals surface area contributed by atoms with E-state index < -0.39 is 0 Å². The first kappa shape index (κ1) is 13.7. The number of benzene rings is 2. The molecule has 5 heteroatoms. The van der Waals surface area contributed by atoms with E-state index >= 15 is 0 Å². The minimum absolute atomic E-state index is 0.565. The highest BCUT2D eigenvalue weighted by atomic mass is 127. The van der Waals surface area contributed by atoms with Crippen LogP contribution in [0.4, 0.5) is 11.4 Å². The highest BCUT2D eigenvalue weighted by molar-refractivity contribution is 14.1. The Balaban J connectivity index is 2.43. The molecule has 2 rings (SSSR count). The Morgan fingerprint density at radius 2 is 1.94 bits per heavy atom. The summed E-state index contributed by atoms with van der Waals surface area (Å²) in [4.78, 5) is 0. The van der Waals surface area contributed by atoms with Gasteiger partial charge in [-0.3, -0.25) is 0 Å². The minimum atomic E-state index is 0.565. The van der Waals surface area contributed by atoms with E-state index in [-0.39, 0.29) is 0 Å². The van der Waals surface area contributed by atoms with Crippen molar-refractivity contribution < 1.29 is 0 Å². The Morgan fingerprint density at radius 3 is 2.67 bits per heavy atom. The fraction of sp³-hybridized carbons (Fsp3) is 0. The van der Waals surface area contributed by atoms with E-state index in [9.17, 15) is 0 Å². The van der Waals surface area contributed by atoms with Crippen LogP contribution in [0.25, 0.3) is 0 Å². The molecule has 90 valence electrons. The molecule has 18 heavy (non-hydrogen) atoms. The highest BCUT2D eigenvalue weighted by Crippen LogP contribution is 2.29. The van der Waals surface area contributed by atoms with Crippen LogP contribution in [0, 0.1) is 14.9 Å². The van der Waals surface area contributed by atoms with Gasteiger partial charge in [-0.05, 0) is 59.0 Å². The van der Waals surface area contributed by atoms with Gasteiger partial charge in [-0.1, -0.05) is 27.5 Å². The monoisotopic (exact) mass is 432 g/mol. The fourth-order valence-corrected chi connectivity index (χ4v) is 2.46. The molecule has 0 atom stereocenters. The summed E-state index contributed by atoms with van der Waals surface area (Å²) in [5.74, 6) is 0. The van der Waals surface area contributed by atoms with E-state index in [1.165, 1.54) is 0 Å². The van der Waals surface area contributed by atoms with Crippen LogP contribution in [0.1, 0.15) is 5.56 Å². The maximum Gasteiger partial charge on any atom is 0.101 e. The molecule has 0 saturated heterocycles. The quantitative estimate of drug-likeness (QED) is 0.651. The van der Waals surface area contributed by atoms with Gasteiger partial charge in [-0.2, -0.15) is 5.26 Å². The molecule has 0 unspecified atom stereocenters. The molecule has 2 nitrogen and oxygen atoms in total. The lowest BCUT2D eigenvalue weighted by atomic mass is 10.2. The van der Waals surface area contributed by atoms with Gasteiger partial charge in [-0.15, -0.1) is 0 Å². The number of nitrogens with zero attached hydrogens (tertiary/aromatic N) is 1. The maximum absolute atomic E-state index is 9.07. The molecule has 0 aliphatic heterocycles. The summed E-state index contributed by atoms with van der Waals surface area (Å²) in [5.41, 5.74) is 2.21. The van der Waals surface area contributed by atoms with Crippen LogP contribution in [-0.4, -0.2) is 0 Å². The Kier molecular flexibility index (Phi) is 4.49. The van der Waals surface area contributed by atoms with Crippen LogP contribution in [-0.2, 0) is 0 Å². The summed E-state index contributed by atoms with van der Waals surface area (Å²) in [6, 6.07) is 13.2. The molecule has 0 saturated carbocycles. The summed E-state index contributed by atoms with van der Waals surface area (Å²) in [7, 11) is 0. The van der Waals surface area contributed by atoms with Gasteiger partial charge < -0.3 is 5.32 Å². The van der Waals surface area contributed by atoms with Gasteiger partial charge in [0.05, 0.1) is 16.9 Å². The van der Waals surface area contributed by atoms with Crippen LogP contribution >= 0.6 is 50.1 Å². The van der Waals surface area contributed by atoms with E-state index in [4.69, 9.17) is 16.9 Å². The Hall–Kier alpha value is -0.770. The zero-order chi connectivity index (χ0) is 13.1. The van der Waals surface area contributed by atoms with Crippen LogP contribution in [0.3, 0.4) is 0 Å². The second kappa shape index (κ2) is 5.91. The molecule has 0 heterocycles. The van der Waals surface area contributed by atoms with Crippen LogP contribution in [0.15, 0.2) is 40.9 Å². The van der Waals surface area contributed by atoms with Crippen molar-refractivity contribution in [2.24, 2.45) is 0 Å². The van der Waals surface area contributed by atoms with Crippen molar-refractivity contribution in [3.63, 3.8) is 0 Å². The predicted octanol–water partition coefficient (Wildman–Crippen LogP) is 5.32. The molecule has 1 N–H and O–H groups in total. The Labute approximate surface area is 132 Å². The van der Waals surface area contributed by atoms with Gasteiger partial charge in [-0.25, -0.2) is 0 Å². The van der Waals surface area contributed by atoms with Gasteiger partial charge in [0.1, 0.15) is 6.07 Å². The van der Waals surface area contributed by atoms with Crippen molar-refractivity contribution in [1.82, 2.24) is 0 Å². The second-order valence-corrected chi connectivity index (χ2v) is 6.07. The van der Waals surface area contributed by atoms with Gasteiger partial charge in [0.15, 0.2) is 0 Å². The van der Waals surface area contributed by atoms with Crippen molar-refractivity contribution >= 4 is 61.5 Å². The third kappa shape index (κ3) is 3.16. The number of rotatable bonds is 2. The molecule has 0 radical (unpaired) electrons. The molecule has 0 bridgehead atoms. The lowest BCUT2D eigenvalue weighted by molar-refractivity contribution is 1.45. The third-order valence-corrected chi connectivity index (χ3v) is 3.97. The van der Waals surface area contributed by atoms with Crippen molar-refractivity contribution in [1.29, 1.82) is 5.26 Å². The Morgan fingerprint density at radius 1 is 1.17 bits per heavy atom. The first-order valence-corrected chi connectivity index (χ1v) is 7.27. The van der Waals surface area contributed by atoms with E-state index in [0.717, 1.165) is 13.7 Å². The number of hydrogen-bond acceptors (Lipinski definition) is 2. The number of anilines is 2. The Bertz CT molecular complexity index is 637. The molecular formula is C13H7BrClIN2. The number of nitrogens with one attached hydrogen (secondary N) is 1. The average Bonchev–Trinajstić information content (AvgIpc) is 2.34. The van der Waals surface area contributed by atoms with Crippen LogP contribution in [0.5, 0.6) is 0 Å². The zero-order valence-corrected chi connectivity index (χ0v) is 13.5. The predicted molar refractivity (Wildman–Crippen MR) is 86.3 cm³/mol. The van der Waals surface area contributed by atoms with Crippen LogP contribution < -0.4 is 5.32 Å². The van der Waals surface area contributed by atoms with Gasteiger partial charge in [0, 0.05) is 13.1 Å². The van der Waals surface area contributed by atoms with Crippen molar-refractivity contribution in [3.05, 3.63) is 55.0 Å². The van der Waals surface area contributed by atoms with Crippen LogP contribution in [0.2, 0.25) is 5.02 Å². The van der Waals surface area contributed by atoms with E-state index in [1.807, 2.05) is 18.2 Å². The van der Waals surface area contributed by atoms with Crippen molar-refractivity contribution in [2.45, 2.75) is 0 Å². The smallest absolute Gasteiger partial charge is 0.101 e. The molecule has 0 aromatic heterocycles. The number of halogens is 3. The fourth-order valence-electron chi connectivity index (χ4n) is 1.46. The molecule has 0 aliphatic rings. The summed E-state index contributed by atoms with van der Waals surface area (Å²) in [6.45, 7) is 0. The topological polar surface area (TPSA) is 35.8 Å². The summed E-state index contributed by atoms with van der Waals surface area (Å²) < 4.78 is 2.05. The number of nitriles is 1. The maximum atomic E-state index is 9.07. The van der Waals surface area contributed by atoms with Crippen molar-refractivity contribution in [3.8, 4) is 6.07 Å². The average molecular weight is 433 g/mol. The largest absolute Gasteiger partial charge is 0.354 e. The standard InChI is InChI=1S/C13H7BrClIN2/c14-9-2-4-11(16)13(5-9)18-12-6-10(15)3-1-8(12)7-17/h1-6,18H. The molecule has 0 amide bonds. The van der Waals surface area contributed by atoms with Crippen molar-refractivity contribution in [2.75, 3.05) is 5.32 Å². The first-order valence-electron chi connectivity index (χ1n) is 5.02. The van der Waals surface area contributed by atoms with Gasteiger partial charge in [0.2, 0.25) is 0 Å². The first-order chi connectivity index (χ1) is 8.60. The lowest BCUT2D eigenvalue weighted by Crippen LogP contribution is -1.95. The summed E-state index contributed by atoms with van der Waals surface area (Å²) >= 11 is 11.6. The molecule has 2 aromatic rings. The minimum Gasteiger partial charge on any atom is -0.354 e. The normalized spacial score (nSPS) is 9.89. The molecule has 0 aliphatic carbocycles. The van der Waals surface area contributed by atoms with E-state index in [1.54, 1.807) is 18.2 Å². The SMILES string of the molecule is N#Cc1ccc(Cl)cc1Nc1cc(Br)ccc1I. The highest BCUT2D eigenvalue weighted by Gasteiger charge is 2.06. The lowest BCUT2D eigenvalue weighted by Gasteiger charge is -2.11. The number of hydrogen-bond donors (Lipinski definition) is 1. The third-order valence-electron chi connectivity index (χ3n) is 2.30. The van der Waals surface area contributed by atoms with E-state index in [0.29, 0.717) is 16.3 Å². The van der Waals surface area contributed by atoms with E-state index in [2.05, 4.69) is 49.9 Å². The molecule has 0 spiro atoms. The second-order valence-electron chi connectivity index (χ2n) is 3.55.